The molecule has 3 aliphatic rings. The summed E-state index contributed by atoms with van der Waals surface area (Å²) in [6, 6.07) is 9.01. The number of hydrogen-bond acceptors (Lipinski definition) is 13. The summed E-state index contributed by atoms with van der Waals surface area (Å²) in [7, 11) is 0. The molecule has 2 fully saturated rings. The summed E-state index contributed by atoms with van der Waals surface area (Å²) in [5, 5.41) is 13.5. The quantitative estimate of drug-likeness (QED) is 0.0351. The predicted molar refractivity (Wildman–Crippen MR) is 245 cm³/mol. The molecule has 66 heavy (non-hydrogen) atoms. The van der Waals surface area contributed by atoms with E-state index in [1.807, 2.05) is 4.90 Å². The number of esters is 1. The summed E-state index contributed by atoms with van der Waals surface area (Å²) in [6.45, 7) is 4.34. The molecule has 8 rings (SSSR count). The van der Waals surface area contributed by atoms with Crippen molar-refractivity contribution in [2.24, 2.45) is 0 Å². The van der Waals surface area contributed by atoms with Gasteiger partial charge in [0.1, 0.15) is 58.9 Å². The first-order valence-electron chi connectivity index (χ1n) is 23.0. The molecule has 0 bridgehead atoms. The number of thiophene rings is 1. The second kappa shape index (κ2) is 20.1. The number of benzene rings is 2. The Balaban J connectivity index is 1.16. The number of carbonyl (C=O) groups is 1. The minimum absolute atomic E-state index is 0.00270. The van der Waals surface area contributed by atoms with Crippen LogP contribution in [0.25, 0.3) is 32.1 Å². The molecule has 0 aliphatic carbocycles. The fraction of sp³-hybridized carbons (Fsp3) is 0.521. The molecule has 2 unspecified atom stereocenters. The fourth-order valence-corrected chi connectivity index (χ4v) is 11.0. The monoisotopic (exact) mass is 934 g/mol. The third-order valence-electron chi connectivity index (χ3n) is 13.2. The van der Waals surface area contributed by atoms with Crippen molar-refractivity contribution in [2.45, 2.75) is 121 Å². The molecule has 5 aromatic rings. The van der Waals surface area contributed by atoms with E-state index >= 15 is 17.6 Å². The van der Waals surface area contributed by atoms with Crippen LogP contribution in [0.2, 0.25) is 0 Å². The van der Waals surface area contributed by atoms with Crippen LogP contribution in [0.4, 0.5) is 38.6 Å². The zero-order chi connectivity index (χ0) is 46.6. The van der Waals surface area contributed by atoms with Crippen LogP contribution in [0.3, 0.4) is 0 Å². The number of hydrogen-bond donors (Lipinski definition) is 2. The maximum Gasteiger partial charge on any atom is 0.420 e. The van der Waals surface area contributed by atoms with E-state index in [1.165, 1.54) is 50.4 Å². The number of pyridine rings is 1. The lowest BCUT2D eigenvalue weighted by molar-refractivity contribution is -0.143. The largest absolute Gasteiger partial charge is 0.490 e. The van der Waals surface area contributed by atoms with Crippen molar-refractivity contribution in [2.75, 3.05) is 55.5 Å². The van der Waals surface area contributed by atoms with Gasteiger partial charge in [-0.25, -0.2) is 13.8 Å². The Labute approximate surface area is 384 Å². The number of nitrogens with two attached hydrogens (primary N) is 1. The maximum atomic E-state index is 17.8. The molecular formula is C48H55F5N8O4S. The predicted octanol–water partition coefficient (Wildman–Crippen LogP) is 11.3. The van der Waals surface area contributed by atoms with E-state index in [0.29, 0.717) is 29.6 Å². The number of ether oxygens (including phenoxy) is 3. The molecule has 0 spiro atoms. The highest BCUT2D eigenvalue weighted by Crippen LogP contribution is 2.54. The zero-order valence-corrected chi connectivity index (χ0v) is 38.1. The van der Waals surface area contributed by atoms with Crippen LogP contribution in [-0.2, 0) is 15.7 Å². The number of fused-ring (bicyclic) bond motifs is 2. The Hall–Kier alpha value is -5.54. The van der Waals surface area contributed by atoms with Crippen LogP contribution in [0, 0.1) is 17.1 Å². The van der Waals surface area contributed by atoms with Gasteiger partial charge < -0.3 is 30.2 Å². The SMILES string of the molecule is CCCCCCCCCCCC(=O)OCNc1sc2cccc(-c3c(C(F)(F)F)c4c5c(nc(OC[C@@]67CCCN6CC(F)C7)nc5c3F)N(C(C)c3cccnc3N)CCO4)c2c1C#N. The lowest BCUT2D eigenvalue weighted by atomic mass is 9.91. The molecule has 0 amide bonds. The van der Waals surface area contributed by atoms with Gasteiger partial charge in [-0.2, -0.15) is 28.4 Å². The van der Waals surface area contributed by atoms with Gasteiger partial charge in [0.25, 0.3) is 0 Å². The van der Waals surface area contributed by atoms with Crippen molar-refractivity contribution < 1.29 is 41.0 Å². The van der Waals surface area contributed by atoms with E-state index in [1.54, 1.807) is 30.0 Å². The third-order valence-corrected chi connectivity index (χ3v) is 14.3. The van der Waals surface area contributed by atoms with Gasteiger partial charge >= 0.3 is 18.2 Å². The van der Waals surface area contributed by atoms with Crippen molar-refractivity contribution in [1.29, 1.82) is 5.26 Å². The number of aromatic nitrogens is 3. The minimum Gasteiger partial charge on any atom is -0.490 e. The molecule has 3 atom stereocenters. The lowest BCUT2D eigenvalue weighted by Crippen LogP contribution is -2.43. The van der Waals surface area contributed by atoms with E-state index < -0.39 is 58.1 Å². The van der Waals surface area contributed by atoms with E-state index in [0.717, 1.165) is 37.0 Å². The topological polar surface area (TPSA) is 152 Å². The molecule has 6 heterocycles. The Kier molecular flexibility index (Phi) is 14.3. The van der Waals surface area contributed by atoms with Crippen molar-refractivity contribution in [3.05, 3.63) is 59.0 Å². The number of nitriles is 1. The van der Waals surface area contributed by atoms with Gasteiger partial charge in [0.2, 0.25) is 0 Å². The van der Waals surface area contributed by atoms with Gasteiger partial charge in [0, 0.05) is 46.8 Å². The standard InChI is InChI=1S/C48H55F5N8O4S/c1-3-4-5-6-7-8-9-10-11-18-35(62)65-28-57-45-33(25-54)36-32(15-12-17-34(36)66-45)37-39(48(51,52)53)42-38-41(40(37)50)58-46(64-27-47-19-14-21-60(47)26-30(49)24-47)59-44(38)61(22-23-63-42)29(2)31-16-13-20-56-43(31)55/h12-13,15-17,20,29-30,57H,3-11,14,18-19,21-24,26-28H2,1-2H3,(H2,55,56)/t29?,30?,47-/m0/s1. The summed E-state index contributed by atoms with van der Waals surface area (Å²) < 4.78 is 98.2. The summed E-state index contributed by atoms with van der Waals surface area (Å²) >= 11 is 1.07. The Morgan fingerprint density at radius 2 is 1.86 bits per heavy atom. The van der Waals surface area contributed by atoms with Gasteiger partial charge in [0.05, 0.1) is 29.1 Å². The highest BCUT2D eigenvalue weighted by molar-refractivity contribution is 7.23. The molecule has 3 aliphatic heterocycles. The number of halogens is 5. The summed E-state index contributed by atoms with van der Waals surface area (Å²) in [5.74, 6) is -2.31. The van der Waals surface area contributed by atoms with E-state index in [2.05, 4.69) is 33.3 Å². The molecule has 2 aromatic carbocycles. The second-order valence-electron chi connectivity index (χ2n) is 17.5. The molecule has 352 valence electrons. The molecule has 12 nitrogen and oxygen atoms in total. The van der Waals surface area contributed by atoms with Gasteiger partial charge in [-0.3, -0.25) is 9.69 Å². The molecule has 18 heteroatoms. The summed E-state index contributed by atoms with van der Waals surface area (Å²) in [4.78, 5) is 29.7. The van der Waals surface area contributed by atoms with E-state index in [-0.39, 0.29) is 90.4 Å². The first kappa shape index (κ1) is 47.0. The highest BCUT2D eigenvalue weighted by atomic mass is 32.1. The van der Waals surface area contributed by atoms with Crippen LogP contribution in [0.15, 0.2) is 36.5 Å². The van der Waals surface area contributed by atoms with Crippen LogP contribution in [0.1, 0.15) is 120 Å². The number of carbonyl (C=O) groups excluding carboxylic acids is 1. The average Bonchev–Trinajstić information content (AvgIpc) is 3.91. The normalized spacial score (nSPS) is 18.8. The van der Waals surface area contributed by atoms with E-state index in [4.69, 9.17) is 19.9 Å². The van der Waals surface area contributed by atoms with Gasteiger partial charge in [-0.05, 0) is 50.4 Å². The average molecular weight is 935 g/mol. The Bertz CT molecular complexity index is 2600. The number of anilines is 3. The summed E-state index contributed by atoms with van der Waals surface area (Å²) in [5.41, 5.74) is 3.17. The van der Waals surface area contributed by atoms with Crippen molar-refractivity contribution in [1.82, 2.24) is 19.9 Å². The fourth-order valence-electron chi connectivity index (χ4n) is 9.95. The van der Waals surface area contributed by atoms with E-state index in [9.17, 15) is 14.4 Å². The van der Waals surface area contributed by atoms with Crippen molar-refractivity contribution in [3.63, 3.8) is 0 Å². The van der Waals surface area contributed by atoms with Crippen molar-refractivity contribution in [3.8, 4) is 29.0 Å². The van der Waals surface area contributed by atoms with Gasteiger partial charge in [-0.15, -0.1) is 11.3 Å². The zero-order valence-electron chi connectivity index (χ0n) is 37.2. The van der Waals surface area contributed by atoms with Gasteiger partial charge in [-0.1, -0.05) is 76.5 Å². The number of nitrogens with one attached hydrogen (secondary N) is 1. The van der Waals surface area contributed by atoms with Crippen molar-refractivity contribution >= 4 is 54.9 Å². The molecule has 0 radical (unpaired) electrons. The number of unbranched alkanes of at least 4 members (excludes halogenated alkanes) is 8. The number of nitrogen functional groups attached to an aromatic ring is 1. The molecule has 0 saturated carbocycles. The van der Waals surface area contributed by atoms with Crippen LogP contribution in [-0.4, -0.2) is 77.1 Å². The maximum absolute atomic E-state index is 17.8. The third kappa shape index (κ3) is 9.51. The number of nitrogens with zero attached hydrogens (tertiary/aromatic N) is 6. The van der Waals surface area contributed by atoms with Crippen LogP contribution in [0.5, 0.6) is 11.8 Å². The van der Waals surface area contributed by atoms with Gasteiger partial charge in [0.15, 0.2) is 12.5 Å². The smallest absolute Gasteiger partial charge is 0.420 e. The lowest BCUT2D eigenvalue weighted by Gasteiger charge is -2.32. The Morgan fingerprint density at radius 1 is 1.09 bits per heavy atom. The summed E-state index contributed by atoms with van der Waals surface area (Å²) in [6.07, 6.45) is 7.08. The first-order valence-corrected chi connectivity index (χ1v) is 23.8. The molecule has 3 N–H and O–H groups in total. The number of rotatable bonds is 19. The number of alkyl halides is 4. The van der Waals surface area contributed by atoms with Crippen LogP contribution < -0.4 is 25.4 Å². The second-order valence-corrected chi connectivity index (χ2v) is 18.6. The highest BCUT2D eigenvalue weighted by Gasteiger charge is 2.50. The first-order chi connectivity index (χ1) is 31.8. The molecule has 3 aromatic heterocycles. The molecule has 2 saturated heterocycles. The minimum atomic E-state index is -5.19. The molecular weight excluding hydrogens is 880 g/mol. The van der Waals surface area contributed by atoms with Crippen LogP contribution >= 0.6 is 11.3 Å². The Morgan fingerprint density at radius 3 is 2.61 bits per heavy atom.